The molecule has 0 radical (unpaired) electrons. The van der Waals surface area contributed by atoms with E-state index in [1.165, 1.54) is 4.90 Å². The number of nitrogens with zero attached hydrogens (tertiary/aromatic N) is 1. The average Bonchev–Trinajstić information content (AvgIpc) is 2.74. The fraction of sp³-hybridized carbons (Fsp3) is 0.714. The molecule has 6 heteroatoms. The number of piperidine rings is 1. The maximum atomic E-state index is 12.1. The topological polar surface area (TPSA) is 89.9 Å². The lowest BCUT2D eigenvalue weighted by Crippen LogP contribution is -2.61. The molecule has 0 bridgehead atoms. The molecule has 0 spiro atoms. The lowest BCUT2D eigenvalue weighted by molar-refractivity contribution is -0.161. The molecule has 2 fully saturated rings. The number of aliphatic hydroxyl groups excluding tert-OH is 1. The largest absolute Gasteiger partial charge is 0.477 e. The molecule has 3 aliphatic heterocycles. The van der Waals surface area contributed by atoms with Crippen molar-refractivity contribution in [3.05, 3.63) is 11.3 Å². The van der Waals surface area contributed by atoms with Crippen molar-refractivity contribution in [3.63, 3.8) is 0 Å². The quantitative estimate of drug-likeness (QED) is 0.630. The smallest absolute Gasteiger partial charge is 0.352 e. The summed E-state index contributed by atoms with van der Waals surface area (Å²) in [5.74, 6) is -1.45. The number of nitrogens with one attached hydrogen (secondary N) is 1. The number of β-lactam (4-membered cyclic amide) rings is 1. The number of hydrogen-bond donors (Lipinski definition) is 3. The number of rotatable bonds is 3. The summed E-state index contributed by atoms with van der Waals surface area (Å²) in [6.07, 6.45) is 1.72. The van der Waals surface area contributed by atoms with Crippen LogP contribution >= 0.6 is 0 Å². The Morgan fingerprint density at radius 2 is 2.05 bits per heavy atom. The van der Waals surface area contributed by atoms with Crippen LogP contribution in [0.5, 0.6) is 0 Å². The molecular formula is C14H20N2O4. The van der Waals surface area contributed by atoms with E-state index in [2.05, 4.69) is 5.32 Å². The van der Waals surface area contributed by atoms with Crippen LogP contribution in [0, 0.1) is 11.8 Å². The van der Waals surface area contributed by atoms with Crippen molar-refractivity contribution in [2.45, 2.75) is 38.3 Å². The minimum absolute atomic E-state index is 0.154. The van der Waals surface area contributed by atoms with Gasteiger partial charge >= 0.3 is 5.97 Å². The van der Waals surface area contributed by atoms with Crippen LogP contribution in [-0.2, 0) is 9.59 Å². The minimum atomic E-state index is -1.02. The summed E-state index contributed by atoms with van der Waals surface area (Å²) in [5.41, 5.74) is 1.09. The molecule has 3 rings (SSSR count). The summed E-state index contributed by atoms with van der Waals surface area (Å²) in [6, 6.07) is -0.154. The third-order valence-corrected chi connectivity index (χ3v) is 4.80. The monoisotopic (exact) mass is 280 g/mol. The van der Waals surface area contributed by atoms with Gasteiger partial charge in [-0.25, -0.2) is 4.79 Å². The van der Waals surface area contributed by atoms with E-state index >= 15 is 0 Å². The molecule has 6 nitrogen and oxygen atoms in total. The molecule has 3 N–H and O–H groups in total. The first-order valence-electron chi connectivity index (χ1n) is 7.20. The number of hydrogen-bond acceptors (Lipinski definition) is 4. The second-order valence-corrected chi connectivity index (χ2v) is 5.95. The van der Waals surface area contributed by atoms with Crippen LogP contribution in [0.1, 0.15) is 26.2 Å². The molecule has 2 saturated heterocycles. The van der Waals surface area contributed by atoms with Gasteiger partial charge in [0, 0.05) is 0 Å². The number of aliphatic carboxylic acids is 1. The van der Waals surface area contributed by atoms with Crippen LogP contribution in [0.15, 0.2) is 11.3 Å². The Morgan fingerprint density at radius 1 is 1.40 bits per heavy atom. The molecule has 0 saturated carbocycles. The number of carbonyl (C=O) groups excluding carboxylic acids is 1. The van der Waals surface area contributed by atoms with Gasteiger partial charge in [0.1, 0.15) is 5.70 Å². The van der Waals surface area contributed by atoms with Crippen molar-refractivity contribution in [1.29, 1.82) is 0 Å². The Labute approximate surface area is 117 Å². The molecule has 0 unspecified atom stereocenters. The van der Waals surface area contributed by atoms with Gasteiger partial charge in [-0.1, -0.05) is 0 Å². The maximum absolute atomic E-state index is 12.1. The van der Waals surface area contributed by atoms with E-state index in [4.69, 9.17) is 0 Å². The van der Waals surface area contributed by atoms with Crippen LogP contribution in [0.25, 0.3) is 0 Å². The molecule has 3 aliphatic rings. The molecule has 0 aromatic rings. The summed E-state index contributed by atoms with van der Waals surface area (Å²) in [4.78, 5) is 25.0. The Balaban J connectivity index is 1.89. The fourth-order valence-corrected chi connectivity index (χ4v) is 3.84. The second kappa shape index (κ2) is 4.86. The van der Waals surface area contributed by atoms with Crippen molar-refractivity contribution in [1.82, 2.24) is 10.2 Å². The average molecular weight is 280 g/mol. The molecule has 0 aromatic heterocycles. The zero-order valence-electron chi connectivity index (χ0n) is 11.5. The highest BCUT2D eigenvalue weighted by Gasteiger charge is 2.57. The number of amides is 1. The number of carboxylic acids is 1. The number of aliphatic hydroxyl groups is 1. The molecular weight excluding hydrogens is 260 g/mol. The van der Waals surface area contributed by atoms with Crippen molar-refractivity contribution >= 4 is 11.9 Å². The van der Waals surface area contributed by atoms with E-state index in [-0.39, 0.29) is 23.6 Å². The standard InChI is InChI=1S/C14H20N2O4/c1-7(17)11-10-6-9(8-2-4-15-5-3-8)12(14(19)20)16(10)13(11)18/h7-8,10-11,15,17H,2-6H2,1H3,(H,19,20)/t7-,10-,11-/m1/s1. The SMILES string of the molecule is C[C@@H](O)[C@H]1C(=O)N2C(C(=O)O)=C(C3CCNCC3)C[C@H]12. The fourth-order valence-electron chi connectivity index (χ4n) is 3.84. The van der Waals surface area contributed by atoms with E-state index in [9.17, 15) is 19.8 Å². The summed E-state index contributed by atoms with van der Waals surface area (Å²) < 4.78 is 0. The zero-order chi connectivity index (χ0) is 14.4. The van der Waals surface area contributed by atoms with Gasteiger partial charge in [-0.2, -0.15) is 0 Å². The van der Waals surface area contributed by atoms with E-state index in [0.717, 1.165) is 31.5 Å². The predicted octanol–water partition coefficient (Wildman–Crippen LogP) is -0.0638. The predicted molar refractivity (Wildman–Crippen MR) is 70.7 cm³/mol. The van der Waals surface area contributed by atoms with Crippen LogP contribution in [-0.4, -0.2) is 52.2 Å². The molecule has 20 heavy (non-hydrogen) atoms. The highest BCUT2D eigenvalue weighted by atomic mass is 16.4. The van der Waals surface area contributed by atoms with E-state index in [0.29, 0.717) is 6.42 Å². The van der Waals surface area contributed by atoms with Gasteiger partial charge in [0.2, 0.25) is 5.91 Å². The Hall–Kier alpha value is -1.40. The number of carboxylic acid groups (broad SMARTS) is 1. The Kier molecular flexibility index (Phi) is 3.30. The van der Waals surface area contributed by atoms with Crippen LogP contribution in [0.3, 0.4) is 0 Å². The maximum Gasteiger partial charge on any atom is 0.352 e. The van der Waals surface area contributed by atoms with Crippen LogP contribution in [0.2, 0.25) is 0 Å². The highest BCUT2D eigenvalue weighted by molar-refractivity contribution is 5.99. The molecule has 0 aromatic carbocycles. The summed E-state index contributed by atoms with van der Waals surface area (Å²) >= 11 is 0. The molecule has 110 valence electrons. The normalized spacial score (nSPS) is 32.1. The summed E-state index contributed by atoms with van der Waals surface area (Å²) in [7, 11) is 0. The van der Waals surface area contributed by atoms with Gasteiger partial charge in [-0.15, -0.1) is 0 Å². The van der Waals surface area contributed by atoms with Crippen molar-refractivity contribution < 1.29 is 19.8 Å². The lowest BCUT2D eigenvalue weighted by atomic mass is 9.80. The van der Waals surface area contributed by atoms with Gasteiger partial charge < -0.3 is 20.4 Å². The summed E-state index contributed by atoms with van der Waals surface area (Å²) in [6.45, 7) is 3.38. The summed E-state index contributed by atoms with van der Waals surface area (Å²) in [5, 5.41) is 22.4. The lowest BCUT2D eigenvalue weighted by Gasteiger charge is -2.44. The van der Waals surface area contributed by atoms with E-state index in [1.54, 1.807) is 6.92 Å². The van der Waals surface area contributed by atoms with Crippen LogP contribution < -0.4 is 5.32 Å². The van der Waals surface area contributed by atoms with Crippen molar-refractivity contribution in [3.8, 4) is 0 Å². The van der Waals surface area contributed by atoms with E-state index in [1.807, 2.05) is 0 Å². The van der Waals surface area contributed by atoms with Gasteiger partial charge in [-0.05, 0) is 50.8 Å². The third-order valence-electron chi connectivity index (χ3n) is 4.80. The first-order chi connectivity index (χ1) is 9.52. The first kappa shape index (κ1) is 13.6. The van der Waals surface area contributed by atoms with Gasteiger partial charge in [-0.3, -0.25) is 4.79 Å². The number of fused-ring (bicyclic) bond motifs is 1. The number of carbonyl (C=O) groups is 2. The van der Waals surface area contributed by atoms with Crippen molar-refractivity contribution in [2.24, 2.45) is 11.8 Å². The Bertz CT molecular complexity index is 480. The van der Waals surface area contributed by atoms with Crippen molar-refractivity contribution in [2.75, 3.05) is 13.1 Å². The first-order valence-corrected chi connectivity index (χ1v) is 7.20. The van der Waals surface area contributed by atoms with Gasteiger partial charge in [0.25, 0.3) is 0 Å². The molecule has 3 heterocycles. The van der Waals surface area contributed by atoms with Crippen LogP contribution in [0.4, 0.5) is 0 Å². The highest BCUT2D eigenvalue weighted by Crippen LogP contribution is 2.46. The minimum Gasteiger partial charge on any atom is -0.477 e. The molecule has 3 atom stereocenters. The van der Waals surface area contributed by atoms with Gasteiger partial charge in [0.15, 0.2) is 0 Å². The Morgan fingerprint density at radius 3 is 2.60 bits per heavy atom. The third kappa shape index (κ3) is 1.86. The zero-order valence-corrected chi connectivity index (χ0v) is 11.5. The van der Waals surface area contributed by atoms with Gasteiger partial charge in [0.05, 0.1) is 18.1 Å². The molecule has 1 amide bonds. The van der Waals surface area contributed by atoms with E-state index < -0.39 is 18.0 Å². The second-order valence-electron chi connectivity index (χ2n) is 5.95. The molecule has 0 aliphatic carbocycles.